The molecular weight excluding hydrogens is 500 g/mol. The molecule has 2 saturated heterocycles. The molecule has 2 fully saturated rings. The topological polar surface area (TPSA) is 121 Å². The number of β-lactam (4-membered cyclic amide) rings is 1. The first-order chi connectivity index (χ1) is 16.6. The number of likely N-dealkylation sites (tertiary alicyclic amines) is 1. The zero-order valence-electron chi connectivity index (χ0n) is 21.8. The van der Waals surface area contributed by atoms with Gasteiger partial charge in [0, 0.05) is 12.5 Å². The van der Waals surface area contributed by atoms with Crippen molar-refractivity contribution in [2.24, 2.45) is 17.6 Å². The molecule has 0 spiro atoms. The number of carbonyl (C=O) groups is 2. The lowest BCUT2D eigenvalue weighted by Gasteiger charge is -2.49. The standard InChI is InChI=1S/C22H41BN5O4PSSi/c1-6-35(7-2,8-3)32-14(5)17-18-13(4)15(12-27-11-9-10-16(27)34-22(24)25)19(28(18)20(17)29)21(30)31-33-26-23/h13-14,16-18,26,33H,6-12,23H2,1-5H3,(H3,24,25)/t13-,14+,16?,17+,18+/m0/s1. The molecule has 9 nitrogen and oxygen atoms in total. The maximum Gasteiger partial charge on any atom is 0.358 e. The van der Waals surface area contributed by atoms with Crippen LogP contribution >= 0.6 is 20.7 Å². The first-order valence-electron chi connectivity index (χ1n) is 12.8. The minimum atomic E-state index is -1.88. The number of carbonyl (C=O) groups excluding carboxylic acids is 2. The Hall–Kier alpha value is -0.908. The van der Waals surface area contributed by atoms with E-state index in [1.165, 1.54) is 11.8 Å². The number of rotatable bonds is 12. The van der Waals surface area contributed by atoms with Gasteiger partial charge in [-0.05, 0) is 50.0 Å². The Morgan fingerprint density at radius 1 is 1.37 bits per heavy atom. The molecule has 1 amide bonds. The fourth-order valence-corrected chi connectivity index (χ4v) is 10.1. The summed E-state index contributed by atoms with van der Waals surface area (Å²) in [7, 11) is -0.318. The fourth-order valence-electron chi connectivity index (χ4n) is 5.92. The predicted octanol–water partition coefficient (Wildman–Crippen LogP) is 2.37. The second kappa shape index (κ2) is 12.1. The molecule has 196 valence electrons. The highest BCUT2D eigenvalue weighted by molar-refractivity contribution is 8.14. The summed E-state index contributed by atoms with van der Waals surface area (Å²) in [5.41, 5.74) is 7.03. The molecular formula is C22H41BN5O4PSSi. The van der Waals surface area contributed by atoms with E-state index in [-0.39, 0.29) is 49.4 Å². The van der Waals surface area contributed by atoms with Crippen molar-refractivity contribution in [3.8, 4) is 0 Å². The van der Waals surface area contributed by atoms with Crippen LogP contribution in [-0.4, -0.2) is 73.8 Å². The first-order valence-corrected chi connectivity index (χ1v) is 17.1. The molecule has 0 aliphatic carbocycles. The Labute approximate surface area is 217 Å². The highest BCUT2D eigenvalue weighted by atomic mass is 32.2. The third-order valence-corrected chi connectivity index (χ3v) is 14.3. The smallest absolute Gasteiger partial charge is 0.358 e. The number of thioether (sulfide) groups is 1. The second-order valence-corrected chi connectivity index (χ2v) is 16.6. The highest BCUT2D eigenvalue weighted by Crippen LogP contribution is 2.49. The number of fused-ring (bicyclic) bond motifs is 1. The second-order valence-electron chi connectivity index (χ2n) is 9.74. The van der Waals surface area contributed by atoms with E-state index in [0.717, 1.165) is 43.1 Å². The first kappa shape index (κ1) is 28.7. The van der Waals surface area contributed by atoms with Crippen molar-refractivity contribution < 1.29 is 18.5 Å². The minimum Gasteiger partial charge on any atom is -0.428 e. The van der Waals surface area contributed by atoms with Gasteiger partial charge in [0.15, 0.2) is 21.5 Å². The van der Waals surface area contributed by atoms with E-state index in [9.17, 15) is 9.59 Å². The summed E-state index contributed by atoms with van der Waals surface area (Å²) in [5, 5.41) is 7.92. The molecule has 3 aliphatic heterocycles. The number of hydrogen-bond donors (Lipinski definition) is 3. The van der Waals surface area contributed by atoms with Crippen LogP contribution in [0, 0.1) is 17.2 Å². The summed E-state index contributed by atoms with van der Waals surface area (Å²) in [4.78, 5) is 33.5. The van der Waals surface area contributed by atoms with E-state index < -0.39 is 14.3 Å². The summed E-state index contributed by atoms with van der Waals surface area (Å²) >= 11 is 1.36. The fraction of sp³-hybridized carbons (Fsp3) is 0.773. The summed E-state index contributed by atoms with van der Waals surface area (Å²) < 4.78 is 12.2. The molecule has 0 bridgehead atoms. The van der Waals surface area contributed by atoms with Crippen LogP contribution in [0.3, 0.4) is 0 Å². The molecule has 0 saturated carbocycles. The lowest BCUT2D eigenvalue weighted by Crippen LogP contribution is -2.65. The third kappa shape index (κ3) is 5.67. The van der Waals surface area contributed by atoms with Crippen LogP contribution in [0.15, 0.2) is 11.3 Å². The summed E-state index contributed by atoms with van der Waals surface area (Å²) in [6.45, 7) is 12.2. The Kier molecular flexibility index (Phi) is 9.90. The molecule has 2 unspecified atom stereocenters. The highest BCUT2D eigenvalue weighted by Gasteiger charge is 2.61. The zero-order valence-corrected chi connectivity index (χ0v) is 24.7. The monoisotopic (exact) mass is 541 g/mol. The SMILES string of the molecule is BNPOC(=O)C1=C(CN2CCCC2SC(=N)N)[C@H](C)[C@@H]2[C@@H]([C@@H](C)O[Si](CC)(CC)CC)C(=O)N12. The summed E-state index contributed by atoms with van der Waals surface area (Å²) in [5.74, 6) is -0.716. The van der Waals surface area contributed by atoms with E-state index in [0.29, 0.717) is 12.2 Å². The Bertz CT molecular complexity index is 855. The van der Waals surface area contributed by atoms with Crippen molar-refractivity contribution in [2.75, 3.05) is 13.1 Å². The van der Waals surface area contributed by atoms with Gasteiger partial charge in [0.25, 0.3) is 0 Å². The van der Waals surface area contributed by atoms with Gasteiger partial charge in [0.05, 0.1) is 23.4 Å². The quantitative estimate of drug-likeness (QED) is 0.113. The van der Waals surface area contributed by atoms with E-state index in [1.807, 2.05) is 6.92 Å². The average molecular weight is 542 g/mol. The molecule has 0 aromatic rings. The molecule has 0 radical (unpaired) electrons. The normalized spacial score (nSPS) is 28.0. The number of hydrogen-bond acceptors (Lipinski definition) is 8. The van der Waals surface area contributed by atoms with Crippen LogP contribution in [0.2, 0.25) is 18.1 Å². The van der Waals surface area contributed by atoms with Gasteiger partial charge in [-0.3, -0.25) is 15.1 Å². The molecule has 4 N–H and O–H groups in total. The van der Waals surface area contributed by atoms with E-state index in [2.05, 4.69) is 37.6 Å². The molecule has 0 aromatic carbocycles. The third-order valence-electron chi connectivity index (χ3n) is 8.05. The maximum absolute atomic E-state index is 13.5. The van der Waals surface area contributed by atoms with Crippen molar-refractivity contribution in [1.82, 2.24) is 14.8 Å². The van der Waals surface area contributed by atoms with Gasteiger partial charge in [-0.25, -0.2) is 4.79 Å². The van der Waals surface area contributed by atoms with Crippen LogP contribution in [0.5, 0.6) is 0 Å². The van der Waals surface area contributed by atoms with Crippen LogP contribution in [-0.2, 0) is 18.5 Å². The molecule has 35 heavy (non-hydrogen) atoms. The van der Waals surface area contributed by atoms with Gasteiger partial charge in [-0.2, -0.15) is 0 Å². The van der Waals surface area contributed by atoms with Crippen molar-refractivity contribution >= 4 is 54.1 Å². The van der Waals surface area contributed by atoms with Gasteiger partial charge < -0.3 is 24.6 Å². The Morgan fingerprint density at radius 2 is 2.03 bits per heavy atom. The van der Waals surface area contributed by atoms with E-state index >= 15 is 0 Å². The zero-order chi connectivity index (χ0) is 25.9. The number of nitrogens with one attached hydrogen (secondary N) is 2. The molecule has 3 heterocycles. The van der Waals surface area contributed by atoms with Crippen LogP contribution in [0.1, 0.15) is 47.5 Å². The van der Waals surface area contributed by atoms with Crippen LogP contribution in [0.25, 0.3) is 0 Å². The molecule has 0 aromatic heterocycles. The molecule has 3 aliphatic rings. The predicted molar refractivity (Wildman–Crippen MR) is 148 cm³/mol. The maximum atomic E-state index is 13.5. The van der Waals surface area contributed by atoms with Crippen LogP contribution < -0.4 is 10.7 Å². The van der Waals surface area contributed by atoms with Gasteiger partial charge in [0.1, 0.15) is 14.7 Å². The molecule has 3 rings (SSSR count). The van der Waals surface area contributed by atoms with Gasteiger partial charge in [-0.15, -0.1) is 0 Å². The summed E-state index contributed by atoms with van der Waals surface area (Å²) in [6, 6.07) is 3.01. The molecule has 6 atom stereocenters. The average Bonchev–Trinajstić information content (AvgIpc) is 3.36. The van der Waals surface area contributed by atoms with Gasteiger partial charge >= 0.3 is 5.97 Å². The van der Waals surface area contributed by atoms with E-state index in [1.54, 1.807) is 12.9 Å². The Balaban J connectivity index is 1.87. The number of nitrogens with two attached hydrogens (primary N) is 1. The number of amidine groups is 1. The lowest BCUT2D eigenvalue weighted by molar-refractivity contribution is -0.161. The van der Waals surface area contributed by atoms with Crippen molar-refractivity contribution in [2.45, 2.75) is 83.1 Å². The number of nitrogens with zero attached hydrogens (tertiary/aromatic N) is 2. The van der Waals surface area contributed by atoms with Gasteiger partial charge in [-0.1, -0.05) is 39.5 Å². The largest absolute Gasteiger partial charge is 0.428 e. The van der Waals surface area contributed by atoms with Crippen molar-refractivity contribution in [1.29, 1.82) is 5.41 Å². The lowest BCUT2D eigenvalue weighted by atomic mass is 9.77. The summed E-state index contributed by atoms with van der Waals surface area (Å²) in [6.07, 6.45) is 1.79. The number of amides is 1. The van der Waals surface area contributed by atoms with Crippen molar-refractivity contribution in [3.05, 3.63) is 11.3 Å². The van der Waals surface area contributed by atoms with Gasteiger partial charge in [0.2, 0.25) is 5.91 Å². The van der Waals surface area contributed by atoms with E-state index in [4.69, 9.17) is 20.1 Å². The molecule has 13 heteroatoms. The minimum absolute atomic E-state index is 0.0220. The Morgan fingerprint density at radius 3 is 2.60 bits per heavy atom. The van der Waals surface area contributed by atoms with Crippen molar-refractivity contribution in [3.63, 3.8) is 0 Å². The van der Waals surface area contributed by atoms with Crippen LogP contribution in [0.4, 0.5) is 0 Å².